The zero-order valence-corrected chi connectivity index (χ0v) is 6.15. The second kappa shape index (κ2) is 2.42. The van der Waals surface area contributed by atoms with E-state index in [4.69, 9.17) is 0 Å². The molecule has 0 aromatic carbocycles. The summed E-state index contributed by atoms with van der Waals surface area (Å²) in [6.07, 6.45) is 3.23. The van der Waals surface area contributed by atoms with Crippen LogP contribution in [-0.4, -0.2) is 5.11 Å². The van der Waals surface area contributed by atoms with Crippen LogP contribution < -0.4 is 0 Å². The van der Waals surface area contributed by atoms with E-state index in [0.29, 0.717) is 5.76 Å². The van der Waals surface area contributed by atoms with Crippen LogP contribution in [0.25, 0.3) is 0 Å². The van der Waals surface area contributed by atoms with Crippen LogP contribution in [0, 0.1) is 5.92 Å². The van der Waals surface area contributed by atoms with Gasteiger partial charge in [-0.2, -0.15) is 0 Å². The highest BCUT2D eigenvalue weighted by atomic mass is 16.3. The molecule has 1 rings (SSSR count). The van der Waals surface area contributed by atoms with Crippen molar-refractivity contribution >= 4 is 0 Å². The molecule has 9 heavy (non-hydrogen) atoms. The van der Waals surface area contributed by atoms with Crippen molar-refractivity contribution in [2.45, 2.75) is 33.1 Å². The molecule has 1 heteroatoms. The lowest BCUT2D eigenvalue weighted by atomic mass is 10.0. The Kier molecular flexibility index (Phi) is 1.79. The Labute approximate surface area is 56.4 Å². The van der Waals surface area contributed by atoms with Gasteiger partial charge in [0.2, 0.25) is 0 Å². The van der Waals surface area contributed by atoms with E-state index < -0.39 is 0 Å². The number of aliphatic hydroxyl groups excluding tert-OH is 1. The molecule has 0 aromatic heterocycles. The van der Waals surface area contributed by atoms with Gasteiger partial charge in [-0.1, -0.05) is 13.3 Å². The summed E-state index contributed by atoms with van der Waals surface area (Å²) in [6.45, 7) is 4.20. The zero-order chi connectivity index (χ0) is 6.85. The standard InChI is InChI=1S/C8H14O/c1-3-7-4-6(2)8(9)5-7/h7,9H,3-5H2,1-2H3. The van der Waals surface area contributed by atoms with Crippen LogP contribution in [0.3, 0.4) is 0 Å². The molecule has 1 aliphatic carbocycles. The summed E-state index contributed by atoms with van der Waals surface area (Å²) in [5.41, 5.74) is 1.20. The van der Waals surface area contributed by atoms with Crippen molar-refractivity contribution in [3.05, 3.63) is 11.3 Å². The minimum absolute atomic E-state index is 0.641. The average Bonchev–Trinajstić information content (AvgIpc) is 2.13. The van der Waals surface area contributed by atoms with E-state index in [2.05, 4.69) is 6.92 Å². The van der Waals surface area contributed by atoms with Crippen molar-refractivity contribution < 1.29 is 5.11 Å². The first-order chi connectivity index (χ1) is 4.24. The van der Waals surface area contributed by atoms with E-state index in [1.807, 2.05) is 6.92 Å². The van der Waals surface area contributed by atoms with Crippen molar-refractivity contribution in [1.82, 2.24) is 0 Å². The lowest BCUT2D eigenvalue weighted by molar-refractivity contribution is 0.371. The van der Waals surface area contributed by atoms with E-state index in [0.717, 1.165) is 18.8 Å². The van der Waals surface area contributed by atoms with Gasteiger partial charge in [-0.05, 0) is 24.8 Å². The fourth-order valence-corrected chi connectivity index (χ4v) is 1.36. The van der Waals surface area contributed by atoms with Crippen LogP contribution in [0.2, 0.25) is 0 Å². The summed E-state index contributed by atoms with van der Waals surface area (Å²) in [6, 6.07) is 0. The predicted molar refractivity (Wildman–Crippen MR) is 38.3 cm³/mol. The average molecular weight is 126 g/mol. The van der Waals surface area contributed by atoms with Crippen molar-refractivity contribution in [3.63, 3.8) is 0 Å². The summed E-state index contributed by atoms with van der Waals surface area (Å²) in [5.74, 6) is 1.37. The van der Waals surface area contributed by atoms with Gasteiger partial charge in [0.25, 0.3) is 0 Å². The fourth-order valence-electron chi connectivity index (χ4n) is 1.36. The lowest BCUT2D eigenvalue weighted by Gasteiger charge is -2.01. The molecule has 1 unspecified atom stereocenters. The largest absolute Gasteiger partial charge is 0.512 e. The predicted octanol–water partition coefficient (Wildman–Crippen LogP) is 2.64. The maximum absolute atomic E-state index is 9.18. The minimum atomic E-state index is 0.641. The lowest BCUT2D eigenvalue weighted by Crippen LogP contribution is -1.90. The number of rotatable bonds is 1. The Bertz CT molecular complexity index is 122. The number of aliphatic hydroxyl groups is 1. The molecule has 0 heterocycles. The van der Waals surface area contributed by atoms with Crippen LogP contribution in [0.15, 0.2) is 11.3 Å². The fraction of sp³-hybridized carbons (Fsp3) is 0.750. The molecule has 0 bridgehead atoms. The zero-order valence-electron chi connectivity index (χ0n) is 6.15. The molecule has 0 aromatic rings. The van der Waals surface area contributed by atoms with Crippen LogP contribution in [-0.2, 0) is 0 Å². The maximum atomic E-state index is 9.18. The quantitative estimate of drug-likeness (QED) is 0.572. The molecule has 0 saturated carbocycles. The van der Waals surface area contributed by atoms with Crippen LogP contribution >= 0.6 is 0 Å². The van der Waals surface area contributed by atoms with E-state index in [-0.39, 0.29) is 0 Å². The molecule has 0 radical (unpaired) electrons. The Morgan fingerprint density at radius 3 is 2.44 bits per heavy atom. The number of hydrogen-bond donors (Lipinski definition) is 1. The third-order valence-corrected chi connectivity index (χ3v) is 2.15. The monoisotopic (exact) mass is 126 g/mol. The highest BCUT2D eigenvalue weighted by molar-refractivity contribution is 5.12. The Balaban J connectivity index is 2.48. The van der Waals surface area contributed by atoms with Gasteiger partial charge in [0, 0.05) is 6.42 Å². The topological polar surface area (TPSA) is 20.2 Å². The van der Waals surface area contributed by atoms with Crippen molar-refractivity contribution in [2.75, 3.05) is 0 Å². The molecular weight excluding hydrogens is 112 g/mol. The Morgan fingerprint density at radius 1 is 1.56 bits per heavy atom. The van der Waals surface area contributed by atoms with Gasteiger partial charge in [0.15, 0.2) is 0 Å². The molecule has 1 atom stereocenters. The molecule has 1 nitrogen and oxygen atoms in total. The summed E-state index contributed by atoms with van der Waals surface area (Å²) in [7, 11) is 0. The summed E-state index contributed by atoms with van der Waals surface area (Å²) in [5, 5.41) is 9.18. The SMILES string of the molecule is CCC1CC(C)=C(O)C1. The number of allylic oxidation sites excluding steroid dienone is 2. The van der Waals surface area contributed by atoms with Crippen molar-refractivity contribution in [1.29, 1.82) is 0 Å². The minimum Gasteiger partial charge on any atom is -0.512 e. The molecule has 0 fully saturated rings. The third-order valence-electron chi connectivity index (χ3n) is 2.15. The molecule has 1 N–H and O–H groups in total. The second-order valence-corrected chi connectivity index (χ2v) is 2.91. The molecule has 0 spiro atoms. The second-order valence-electron chi connectivity index (χ2n) is 2.91. The van der Waals surface area contributed by atoms with Crippen LogP contribution in [0.1, 0.15) is 33.1 Å². The van der Waals surface area contributed by atoms with E-state index >= 15 is 0 Å². The van der Waals surface area contributed by atoms with Crippen molar-refractivity contribution in [2.24, 2.45) is 5.92 Å². The number of hydrogen-bond acceptors (Lipinski definition) is 1. The van der Waals surface area contributed by atoms with E-state index in [9.17, 15) is 5.11 Å². The summed E-state index contributed by atoms with van der Waals surface area (Å²) < 4.78 is 0. The molecule has 52 valence electrons. The van der Waals surface area contributed by atoms with Crippen molar-refractivity contribution in [3.8, 4) is 0 Å². The van der Waals surface area contributed by atoms with Crippen LogP contribution in [0.4, 0.5) is 0 Å². The third kappa shape index (κ3) is 1.26. The molecular formula is C8H14O. The Hall–Kier alpha value is -0.460. The first-order valence-corrected chi connectivity index (χ1v) is 3.61. The molecule has 0 amide bonds. The van der Waals surface area contributed by atoms with Gasteiger partial charge in [-0.25, -0.2) is 0 Å². The highest BCUT2D eigenvalue weighted by Gasteiger charge is 2.18. The summed E-state index contributed by atoms with van der Waals surface area (Å²) in [4.78, 5) is 0. The smallest absolute Gasteiger partial charge is 0.0914 e. The van der Waals surface area contributed by atoms with E-state index in [1.54, 1.807) is 0 Å². The normalized spacial score (nSPS) is 27.6. The molecule has 1 aliphatic rings. The van der Waals surface area contributed by atoms with E-state index in [1.165, 1.54) is 12.0 Å². The Morgan fingerprint density at radius 2 is 2.22 bits per heavy atom. The molecule has 0 saturated heterocycles. The maximum Gasteiger partial charge on any atom is 0.0914 e. The van der Waals surface area contributed by atoms with Gasteiger partial charge < -0.3 is 5.11 Å². The van der Waals surface area contributed by atoms with Gasteiger partial charge >= 0.3 is 0 Å². The van der Waals surface area contributed by atoms with Gasteiger partial charge in [0.05, 0.1) is 5.76 Å². The molecule has 0 aliphatic heterocycles. The first-order valence-electron chi connectivity index (χ1n) is 3.61. The van der Waals surface area contributed by atoms with Crippen LogP contribution in [0.5, 0.6) is 0 Å². The van der Waals surface area contributed by atoms with Gasteiger partial charge in [0.1, 0.15) is 0 Å². The van der Waals surface area contributed by atoms with Gasteiger partial charge in [-0.15, -0.1) is 0 Å². The highest BCUT2D eigenvalue weighted by Crippen LogP contribution is 2.31. The van der Waals surface area contributed by atoms with Gasteiger partial charge in [-0.3, -0.25) is 0 Å². The summed E-state index contributed by atoms with van der Waals surface area (Å²) >= 11 is 0. The first kappa shape index (κ1) is 6.66.